The number of carbonyl (C=O) groups is 1. The lowest BCUT2D eigenvalue weighted by atomic mass is 10.1. The maximum Gasteiger partial charge on any atom is 0.312 e. The smallest absolute Gasteiger partial charge is 0.312 e. The van der Waals surface area contributed by atoms with Crippen LogP contribution in [0.5, 0.6) is 0 Å². The Morgan fingerprint density at radius 1 is 1.11 bits per heavy atom. The van der Waals surface area contributed by atoms with Gasteiger partial charge in [-0.1, -0.05) is 24.3 Å². The summed E-state index contributed by atoms with van der Waals surface area (Å²) in [5.41, 5.74) is 5.36. The van der Waals surface area contributed by atoms with Crippen LogP contribution in [0.1, 0.15) is 38.4 Å². The van der Waals surface area contributed by atoms with Gasteiger partial charge in [0.05, 0.1) is 11.5 Å². The van der Waals surface area contributed by atoms with Gasteiger partial charge in [0.2, 0.25) is 0 Å². The molecule has 3 aromatic rings. The van der Waals surface area contributed by atoms with Crippen molar-refractivity contribution in [3.05, 3.63) is 86.2 Å². The summed E-state index contributed by atoms with van der Waals surface area (Å²) < 4.78 is 1.61. The van der Waals surface area contributed by atoms with E-state index in [1.54, 1.807) is 30.7 Å². The summed E-state index contributed by atoms with van der Waals surface area (Å²) in [6, 6.07) is 13.0. The van der Waals surface area contributed by atoms with Gasteiger partial charge in [-0.2, -0.15) is 5.10 Å². The van der Waals surface area contributed by atoms with Crippen molar-refractivity contribution in [3.63, 3.8) is 0 Å². The van der Waals surface area contributed by atoms with Crippen LogP contribution in [0.15, 0.2) is 42.5 Å². The minimum Gasteiger partial charge on any atom is -0.322 e. The van der Waals surface area contributed by atoms with Crippen molar-refractivity contribution in [2.45, 2.75) is 34.2 Å². The lowest BCUT2D eigenvalue weighted by Crippen LogP contribution is -2.13. The van der Waals surface area contributed by atoms with E-state index in [2.05, 4.69) is 10.4 Å². The Labute approximate surface area is 163 Å². The van der Waals surface area contributed by atoms with Gasteiger partial charge in [-0.3, -0.25) is 19.6 Å². The lowest BCUT2D eigenvalue weighted by molar-refractivity contribution is -0.386. The van der Waals surface area contributed by atoms with Gasteiger partial charge in [0.1, 0.15) is 11.4 Å². The standard InChI is InChI=1S/C21H22N4O3/c1-13-6-5-7-19(14(13)2)22-21(26)18-10-8-17(9-11-18)12-24-16(4)20(25(27)28)15(3)23-24/h5-11H,12H2,1-4H3,(H,22,26). The number of aromatic nitrogens is 2. The highest BCUT2D eigenvalue weighted by Gasteiger charge is 2.21. The zero-order valence-corrected chi connectivity index (χ0v) is 16.3. The fourth-order valence-corrected chi connectivity index (χ4v) is 3.12. The highest BCUT2D eigenvalue weighted by atomic mass is 16.6. The van der Waals surface area contributed by atoms with Crippen LogP contribution in [-0.2, 0) is 6.54 Å². The maximum atomic E-state index is 12.5. The Morgan fingerprint density at radius 3 is 2.39 bits per heavy atom. The van der Waals surface area contributed by atoms with E-state index < -0.39 is 4.92 Å². The molecule has 144 valence electrons. The van der Waals surface area contributed by atoms with Crippen molar-refractivity contribution in [1.29, 1.82) is 0 Å². The van der Waals surface area contributed by atoms with Gasteiger partial charge in [0, 0.05) is 11.3 Å². The average molecular weight is 378 g/mol. The fraction of sp³-hybridized carbons (Fsp3) is 0.238. The molecule has 1 aromatic heterocycles. The van der Waals surface area contributed by atoms with E-state index in [1.807, 2.05) is 44.2 Å². The van der Waals surface area contributed by atoms with Gasteiger partial charge < -0.3 is 5.32 Å². The molecule has 1 N–H and O–H groups in total. The molecular weight excluding hydrogens is 356 g/mol. The molecule has 0 fully saturated rings. The Hall–Kier alpha value is -3.48. The van der Waals surface area contributed by atoms with E-state index in [0.29, 0.717) is 23.5 Å². The van der Waals surface area contributed by atoms with E-state index in [-0.39, 0.29) is 11.6 Å². The molecule has 0 aliphatic rings. The predicted octanol–water partition coefficient (Wildman–Crippen LogP) is 4.33. The topological polar surface area (TPSA) is 90.1 Å². The number of nitrogens with zero attached hydrogens (tertiary/aromatic N) is 3. The molecule has 1 heterocycles. The fourth-order valence-electron chi connectivity index (χ4n) is 3.12. The van der Waals surface area contributed by atoms with Crippen molar-refractivity contribution >= 4 is 17.3 Å². The summed E-state index contributed by atoms with van der Waals surface area (Å²) >= 11 is 0. The van der Waals surface area contributed by atoms with Crippen LogP contribution < -0.4 is 5.32 Å². The lowest BCUT2D eigenvalue weighted by Gasteiger charge is -2.11. The number of rotatable bonds is 5. The molecule has 0 unspecified atom stereocenters. The molecule has 0 aliphatic carbocycles. The van der Waals surface area contributed by atoms with E-state index in [1.165, 1.54) is 0 Å². The van der Waals surface area contributed by atoms with E-state index in [9.17, 15) is 14.9 Å². The van der Waals surface area contributed by atoms with Crippen LogP contribution in [0.2, 0.25) is 0 Å². The first-order chi connectivity index (χ1) is 13.3. The second-order valence-electron chi connectivity index (χ2n) is 6.83. The summed E-state index contributed by atoms with van der Waals surface area (Å²) in [6.45, 7) is 7.69. The second-order valence-corrected chi connectivity index (χ2v) is 6.83. The minimum atomic E-state index is -0.408. The van der Waals surface area contributed by atoms with Gasteiger partial charge in [0.15, 0.2) is 0 Å². The first-order valence-corrected chi connectivity index (χ1v) is 8.93. The quantitative estimate of drug-likeness (QED) is 0.529. The Balaban J connectivity index is 1.75. The molecule has 0 spiro atoms. The SMILES string of the molecule is Cc1cccc(NC(=O)c2ccc(Cn3nc(C)c([N+](=O)[O-])c3C)cc2)c1C. The van der Waals surface area contributed by atoms with Crippen molar-refractivity contribution in [3.8, 4) is 0 Å². The highest BCUT2D eigenvalue weighted by Crippen LogP contribution is 2.23. The van der Waals surface area contributed by atoms with Crippen LogP contribution in [0.3, 0.4) is 0 Å². The first kappa shape index (κ1) is 19.3. The third-order valence-electron chi connectivity index (χ3n) is 4.93. The first-order valence-electron chi connectivity index (χ1n) is 8.93. The summed E-state index contributed by atoms with van der Waals surface area (Å²) in [5, 5.41) is 18.3. The minimum absolute atomic E-state index is 0.0459. The zero-order chi connectivity index (χ0) is 20.4. The number of benzene rings is 2. The number of carbonyl (C=O) groups excluding carboxylic acids is 1. The van der Waals surface area contributed by atoms with E-state index in [0.717, 1.165) is 22.4 Å². The van der Waals surface area contributed by atoms with Crippen LogP contribution >= 0.6 is 0 Å². The number of aryl methyl sites for hydroxylation is 2. The zero-order valence-electron chi connectivity index (χ0n) is 16.3. The molecule has 2 aromatic carbocycles. The van der Waals surface area contributed by atoms with E-state index in [4.69, 9.17) is 0 Å². The number of nitrogens with one attached hydrogen (secondary N) is 1. The van der Waals surface area contributed by atoms with Gasteiger partial charge >= 0.3 is 5.69 Å². The number of amides is 1. The largest absolute Gasteiger partial charge is 0.322 e. The molecular formula is C21H22N4O3. The molecule has 0 atom stereocenters. The molecule has 3 rings (SSSR count). The van der Waals surface area contributed by atoms with Gasteiger partial charge in [-0.05, 0) is 62.6 Å². The molecule has 7 heteroatoms. The maximum absolute atomic E-state index is 12.5. The van der Waals surface area contributed by atoms with Crippen molar-refractivity contribution < 1.29 is 9.72 Å². The number of anilines is 1. The van der Waals surface area contributed by atoms with Crippen molar-refractivity contribution in [1.82, 2.24) is 9.78 Å². The van der Waals surface area contributed by atoms with Gasteiger partial charge in [0.25, 0.3) is 5.91 Å². The second kappa shape index (κ2) is 7.64. The monoisotopic (exact) mass is 378 g/mol. The summed E-state index contributed by atoms with van der Waals surface area (Å²) in [5.74, 6) is -0.179. The van der Waals surface area contributed by atoms with Crippen molar-refractivity contribution in [2.75, 3.05) is 5.32 Å². The van der Waals surface area contributed by atoms with Crippen LogP contribution in [0, 0.1) is 37.8 Å². The molecule has 1 amide bonds. The third kappa shape index (κ3) is 3.78. The highest BCUT2D eigenvalue weighted by molar-refractivity contribution is 6.04. The summed E-state index contributed by atoms with van der Waals surface area (Å²) in [4.78, 5) is 23.2. The summed E-state index contributed by atoms with van der Waals surface area (Å²) in [6.07, 6.45) is 0. The molecule has 7 nitrogen and oxygen atoms in total. The third-order valence-corrected chi connectivity index (χ3v) is 4.93. The van der Waals surface area contributed by atoms with Crippen LogP contribution in [-0.4, -0.2) is 20.6 Å². The molecule has 0 radical (unpaired) electrons. The number of hydrogen-bond donors (Lipinski definition) is 1. The average Bonchev–Trinajstić information content (AvgIpc) is 2.93. The van der Waals surface area contributed by atoms with Gasteiger partial charge in [-0.15, -0.1) is 0 Å². The Bertz CT molecular complexity index is 1050. The van der Waals surface area contributed by atoms with E-state index >= 15 is 0 Å². The normalized spacial score (nSPS) is 10.7. The van der Waals surface area contributed by atoms with Crippen LogP contribution in [0.4, 0.5) is 11.4 Å². The number of nitro groups is 1. The Morgan fingerprint density at radius 2 is 1.79 bits per heavy atom. The Kier molecular flexibility index (Phi) is 5.26. The molecule has 0 bridgehead atoms. The molecule has 0 saturated carbocycles. The molecule has 28 heavy (non-hydrogen) atoms. The van der Waals surface area contributed by atoms with Crippen molar-refractivity contribution in [2.24, 2.45) is 0 Å². The van der Waals surface area contributed by atoms with Crippen LogP contribution in [0.25, 0.3) is 0 Å². The molecule has 0 aliphatic heterocycles. The predicted molar refractivity (Wildman–Crippen MR) is 108 cm³/mol. The molecule has 0 saturated heterocycles. The van der Waals surface area contributed by atoms with Gasteiger partial charge in [-0.25, -0.2) is 0 Å². The number of hydrogen-bond acceptors (Lipinski definition) is 4. The summed E-state index contributed by atoms with van der Waals surface area (Å²) in [7, 11) is 0.